The smallest absolute Gasteiger partial charge is 0.344 e. The normalized spacial score (nSPS) is 11.8. The number of hydrogen-bond acceptors (Lipinski definition) is 4. The molecular formula is C17H16ClN3O4. The minimum Gasteiger partial charge on any atom is -0.479 e. The lowest BCUT2D eigenvalue weighted by molar-refractivity contribution is -0.144. The quantitative estimate of drug-likeness (QED) is 0.542. The molecule has 2 aromatic carbocycles. The molecule has 1 atom stereocenters. The van der Waals surface area contributed by atoms with E-state index in [9.17, 15) is 9.59 Å². The molecule has 0 radical (unpaired) electrons. The molecule has 2 aromatic rings. The van der Waals surface area contributed by atoms with E-state index < -0.39 is 18.1 Å². The first-order valence-electron chi connectivity index (χ1n) is 7.29. The van der Waals surface area contributed by atoms with Gasteiger partial charge in [0.2, 0.25) is 0 Å². The van der Waals surface area contributed by atoms with Gasteiger partial charge >= 0.3 is 12.0 Å². The van der Waals surface area contributed by atoms with E-state index in [0.717, 1.165) is 0 Å². The van der Waals surface area contributed by atoms with E-state index in [1.165, 1.54) is 13.1 Å². The number of carbonyl (C=O) groups is 2. The second-order valence-electron chi connectivity index (χ2n) is 5.00. The zero-order chi connectivity index (χ0) is 18.2. The summed E-state index contributed by atoms with van der Waals surface area (Å²) in [6.07, 6.45) is 0.518. The highest BCUT2D eigenvalue weighted by Crippen LogP contribution is 2.14. The summed E-state index contributed by atoms with van der Waals surface area (Å²) in [4.78, 5) is 22.4. The van der Waals surface area contributed by atoms with E-state index in [1.54, 1.807) is 48.5 Å². The zero-order valence-electron chi connectivity index (χ0n) is 13.3. The van der Waals surface area contributed by atoms with Gasteiger partial charge in [-0.15, -0.1) is 0 Å². The van der Waals surface area contributed by atoms with Crippen molar-refractivity contribution in [3.63, 3.8) is 0 Å². The van der Waals surface area contributed by atoms with Crippen molar-refractivity contribution in [2.75, 3.05) is 5.32 Å². The number of carboxylic acids is 1. The molecule has 2 rings (SSSR count). The van der Waals surface area contributed by atoms with Crippen molar-refractivity contribution in [1.29, 1.82) is 0 Å². The first kappa shape index (κ1) is 18.3. The number of halogens is 1. The van der Waals surface area contributed by atoms with Crippen molar-refractivity contribution in [2.24, 2.45) is 5.10 Å². The van der Waals surface area contributed by atoms with Gasteiger partial charge in [-0.25, -0.2) is 15.0 Å². The molecule has 0 heterocycles. The van der Waals surface area contributed by atoms with E-state index in [2.05, 4.69) is 15.8 Å². The molecule has 0 saturated carbocycles. The molecule has 0 bridgehead atoms. The van der Waals surface area contributed by atoms with Gasteiger partial charge in [0, 0.05) is 10.7 Å². The van der Waals surface area contributed by atoms with Crippen molar-refractivity contribution in [3.05, 3.63) is 59.1 Å². The van der Waals surface area contributed by atoms with Crippen LogP contribution >= 0.6 is 11.6 Å². The summed E-state index contributed by atoms with van der Waals surface area (Å²) in [6.45, 7) is 1.45. The first-order valence-corrected chi connectivity index (χ1v) is 7.67. The molecular weight excluding hydrogens is 346 g/mol. The van der Waals surface area contributed by atoms with E-state index >= 15 is 0 Å². The number of hydrogen-bond donors (Lipinski definition) is 3. The van der Waals surface area contributed by atoms with Crippen LogP contribution in [0.3, 0.4) is 0 Å². The van der Waals surface area contributed by atoms with Crippen LogP contribution in [0.4, 0.5) is 10.5 Å². The Morgan fingerprint density at radius 1 is 1.16 bits per heavy atom. The van der Waals surface area contributed by atoms with Crippen LogP contribution < -0.4 is 15.5 Å². The number of nitrogens with one attached hydrogen (secondary N) is 2. The van der Waals surface area contributed by atoms with Crippen LogP contribution in [0.15, 0.2) is 53.6 Å². The maximum absolute atomic E-state index is 11.7. The van der Waals surface area contributed by atoms with Crippen molar-refractivity contribution in [1.82, 2.24) is 5.43 Å². The van der Waals surface area contributed by atoms with Crippen LogP contribution in [0.1, 0.15) is 12.5 Å². The van der Waals surface area contributed by atoms with E-state index in [4.69, 9.17) is 21.4 Å². The number of carboxylic acid groups (broad SMARTS) is 1. The number of hydrazone groups is 1. The van der Waals surface area contributed by atoms with Crippen LogP contribution in [0.2, 0.25) is 5.02 Å². The first-order chi connectivity index (χ1) is 11.9. The predicted octanol–water partition coefficient (Wildman–Crippen LogP) is 3.35. The Kier molecular flexibility index (Phi) is 6.36. The van der Waals surface area contributed by atoms with Crippen LogP contribution in [0, 0.1) is 0 Å². The van der Waals surface area contributed by atoms with Gasteiger partial charge in [-0.2, -0.15) is 5.10 Å². The minimum absolute atomic E-state index is 0.431. The Morgan fingerprint density at radius 3 is 2.40 bits per heavy atom. The van der Waals surface area contributed by atoms with Gasteiger partial charge in [-0.3, -0.25) is 0 Å². The van der Waals surface area contributed by atoms with Gasteiger partial charge in [0.05, 0.1) is 6.21 Å². The number of nitrogens with zero attached hydrogens (tertiary/aromatic N) is 1. The molecule has 3 N–H and O–H groups in total. The molecule has 2 amide bonds. The number of urea groups is 1. The van der Waals surface area contributed by atoms with E-state index in [1.807, 2.05) is 0 Å². The molecule has 130 valence electrons. The van der Waals surface area contributed by atoms with Gasteiger partial charge in [-0.05, 0) is 61.0 Å². The summed E-state index contributed by atoms with van der Waals surface area (Å²) in [6, 6.07) is 12.8. The summed E-state index contributed by atoms with van der Waals surface area (Å²) in [5.41, 5.74) is 3.63. The highest BCUT2D eigenvalue weighted by Gasteiger charge is 2.11. The van der Waals surface area contributed by atoms with Crippen molar-refractivity contribution < 1.29 is 19.4 Å². The summed E-state index contributed by atoms with van der Waals surface area (Å²) < 4.78 is 5.22. The molecule has 0 saturated heterocycles. The summed E-state index contributed by atoms with van der Waals surface area (Å²) >= 11 is 5.76. The Bertz CT molecular complexity index is 760. The second kappa shape index (κ2) is 8.70. The second-order valence-corrected chi connectivity index (χ2v) is 5.43. The molecule has 25 heavy (non-hydrogen) atoms. The molecule has 0 aliphatic heterocycles. The third-order valence-corrected chi connectivity index (χ3v) is 3.27. The highest BCUT2D eigenvalue weighted by molar-refractivity contribution is 6.30. The van der Waals surface area contributed by atoms with Gasteiger partial charge in [-0.1, -0.05) is 11.6 Å². The largest absolute Gasteiger partial charge is 0.479 e. The lowest BCUT2D eigenvalue weighted by atomic mass is 10.2. The van der Waals surface area contributed by atoms with Crippen LogP contribution in [0.5, 0.6) is 5.75 Å². The fourth-order valence-electron chi connectivity index (χ4n) is 1.74. The van der Waals surface area contributed by atoms with Crippen LogP contribution in [0.25, 0.3) is 0 Å². The van der Waals surface area contributed by atoms with Crippen molar-refractivity contribution in [3.8, 4) is 5.75 Å². The van der Waals surface area contributed by atoms with Crippen molar-refractivity contribution >= 4 is 35.5 Å². The van der Waals surface area contributed by atoms with E-state index in [-0.39, 0.29) is 0 Å². The van der Waals surface area contributed by atoms with Gasteiger partial charge < -0.3 is 15.2 Å². The summed E-state index contributed by atoms with van der Waals surface area (Å²) in [7, 11) is 0. The molecule has 0 aliphatic rings. The topological polar surface area (TPSA) is 100 Å². The third-order valence-electron chi connectivity index (χ3n) is 3.02. The van der Waals surface area contributed by atoms with Crippen molar-refractivity contribution in [2.45, 2.75) is 13.0 Å². The molecule has 0 fully saturated rings. The summed E-state index contributed by atoms with van der Waals surface area (Å²) in [5, 5.41) is 15.8. The average molecular weight is 362 g/mol. The lowest BCUT2D eigenvalue weighted by Crippen LogP contribution is -2.24. The van der Waals surface area contributed by atoms with Crippen LogP contribution in [-0.2, 0) is 4.79 Å². The molecule has 7 nitrogen and oxygen atoms in total. The highest BCUT2D eigenvalue weighted by atomic mass is 35.5. The SMILES string of the molecule is C[C@@H](Oc1ccc(/C=N/NC(=O)Nc2ccc(Cl)cc2)cc1)C(=O)O. The van der Waals surface area contributed by atoms with Gasteiger partial charge in [0.25, 0.3) is 0 Å². The Hall–Kier alpha value is -3.06. The number of carbonyl (C=O) groups excluding carboxylic acids is 1. The Morgan fingerprint density at radius 2 is 1.80 bits per heavy atom. The predicted molar refractivity (Wildman–Crippen MR) is 95.4 cm³/mol. The third kappa shape index (κ3) is 6.15. The van der Waals surface area contributed by atoms with Gasteiger partial charge in [0.1, 0.15) is 5.75 Å². The zero-order valence-corrected chi connectivity index (χ0v) is 14.0. The maximum atomic E-state index is 11.7. The number of anilines is 1. The molecule has 8 heteroatoms. The molecule has 0 spiro atoms. The minimum atomic E-state index is -1.04. The Balaban J connectivity index is 1.83. The summed E-state index contributed by atoms with van der Waals surface area (Å²) in [5.74, 6) is -0.609. The number of rotatable bonds is 6. The lowest BCUT2D eigenvalue weighted by Gasteiger charge is -2.09. The maximum Gasteiger partial charge on any atom is 0.344 e. The Labute approximate surface area is 149 Å². The average Bonchev–Trinajstić information content (AvgIpc) is 2.58. The number of ether oxygens (including phenoxy) is 1. The van der Waals surface area contributed by atoms with Gasteiger partial charge in [0.15, 0.2) is 6.10 Å². The number of benzene rings is 2. The molecule has 0 aromatic heterocycles. The molecule has 0 aliphatic carbocycles. The fourth-order valence-corrected chi connectivity index (χ4v) is 1.87. The monoisotopic (exact) mass is 361 g/mol. The van der Waals surface area contributed by atoms with Crippen LogP contribution in [-0.4, -0.2) is 29.4 Å². The number of aliphatic carboxylic acids is 1. The molecule has 0 unspecified atom stereocenters. The number of amides is 2. The fraction of sp³-hybridized carbons (Fsp3) is 0.118. The van der Waals surface area contributed by atoms with E-state index in [0.29, 0.717) is 22.0 Å². The standard InChI is InChI=1S/C17H16ClN3O4/c1-11(16(22)23)25-15-8-2-12(3-9-15)10-19-21-17(24)20-14-6-4-13(18)5-7-14/h2-11H,1H3,(H,22,23)(H2,20,21,24)/b19-10+/t11-/m1/s1.